The van der Waals surface area contributed by atoms with Crippen molar-refractivity contribution < 1.29 is 18.0 Å². The van der Waals surface area contributed by atoms with Gasteiger partial charge < -0.3 is 0 Å². The zero-order chi connectivity index (χ0) is 24.5. The molecule has 0 spiro atoms. The Morgan fingerprint density at radius 3 is 2.21 bits per heavy atom. The van der Waals surface area contributed by atoms with Crippen LogP contribution in [0.2, 0.25) is 0 Å². The van der Waals surface area contributed by atoms with Crippen LogP contribution in [0.1, 0.15) is 47.2 Å². The molecule has 1 aliphatic rings. The highest BCUT2D eigenvalue weighted by molar-refractivity contribution is 7.89. The standard InChI is InChI=1S/C25H27N3O4S2/c1-16-13-17(2)15-28(14-16)34(31,32)21-11-9-20(10-12-21)24(30)27-25-26-22(23(33-25)18(3)29)19-7-5-4-6-8-19/h4-12,16-17H,13-15H2,1-3H3,(H,26,27,30)/t16-,17+. The Morgan fingerprint density at radius 1 is 1.00 bits per heavy atom. The number of thiazole rings is 1. The van der Waals surface area contributed by atoms with Crippen molar-refractivity contribution in [3.63, 3.8) is 0 Å². The lowest BCUT2D eigenvalue weighted by atomic mass is 9.94. The average molecular weight is 498 g/mol. The van der Waals surface area contributed by atoms with Crippen molar-refractivity contribution in [1.82, 2.24) is 9.29 Å². The first-order valence-corrected chi connectivity index (χ1v) is 13.4. The number of carbonyl (C=O) groups is 2. The fourth-order valence-corrected chi connectivity index (χ4v) is 6.86. The summed E-state index contributed by atoms with van der Waals surface area (Å²) in [7, 11) is -3.62. The fraction of sp³-hybridized carbons (Fsp3) is 0.320. The van der Waals surface area contributed by atoms with Crippen LogP contribution >= 0.6 is 11.3 Å². The van der Waals surface area contributed by atoms with Crippen LogP contribution in [0.4, 0.5) is 5.13 Å². The molecule has 0 bridgehead atoms. The summed E-state index contributed by atoms with van der Waals surface area (Å²) in [4.78, 5) is 30.0. The second-order valence-corrected chi connectivity index (χ2v) is 11.8. The Labute approximate surface area is 203 Å². The molecule has 1 fully saturated rings. The van der Waals surface area contributed by atoms with Crippen molar-refractivity contribution in [3.8, 4) is 11.3 Å². The molecule has 1 aromatic heterocycles. The summed E-state index contributed by atoms with van der Waals surface area (Å²) in [6, 6.07) is 15.2. The molecule has 1 aliphatic heterocycles. The van der Waals surface area contributed by atoms with Crippen LogP contribution in [0.15, 0.2) is 59.5 Å². The Bertz CT molecular complexity index is 1290. The smallest absolute Gasteiger partial charge is 0.257 e. The zero-order valence-corrected chi connectivity index (χ0v) is 20.9. The highest BCUT2D eigenvalue weighted by Crippen LogP contribution is 2.32. The van der Waals surface area contributed by atoms with Gasteiger partial charge in [-0.15, -0.1) is 0 Å². The molecule has 7 nitrogen and oxygen atoms in total. The number of ketones is 1. The number of nitrogens with zero attached hydrogens (tertiary/aromatic N) is 2. The number of nitrogens with one attached hydrogen (secondary N) is 1. The second-order valence-electron chi connectivity index (χ2n) is 8.87. The molecule has 0 aliphatic carbocycles. The number of hydrogen-bond acceptors (Lipinski definition) is 6. The van der Waals surface area contributed by atoms with Crippen molar-refractivity contribution in [2.75, 3.05) is 18.4 Å². The van der Waals surface area contributed by atoms with Gasteiger partial charge in [0, 0.05) is 31.1 Å². The third-order valence-corrected chi connectivity index (χ3v) is 8.72. The Balaban J connectivity index is 1.52. The number of piperidine rings is 1. The van der Waals surface area contributed by atoms with Gasteiger partial charge in [0.15, 0.2) is 10.9 Å². The fourth-order valence-electron chi connectivity index (χ4n) is 4.30. The number of rotatable bonds is 6. The lowest BCUT2D eigenvalue weighted by Crippen LogP contribution is -2.42. The minimum Gasteiger partial charge on any atom is -0.298 e. The summed E-state index contributed by atoms with van der Waals surface area (Å²) in [5.74, 6) is 0.0606. The molecule has 0 unspecified atom stereocenters. The predicted molar refractivity (Wildman–Crippen MR) is 134 cm³/mol. The van der Waals surface area contributed by atoms with Gasteiger partial charge in [-0.25, -0.2) is 13.4 Å². The summed E-state index contributed by atoms with van der Waals surface area (Å²) in [6.45, 7) is 6.59. The van der Waals surface area contributed by atoms with Crippen LogP contribution < -0.4 is 5.32 Å². The van der Waals surface area contributed by atoms with Crippen LogP contribution in [0.25, 0.3) is 11.3 Å². The summed E-state index contributed by atoms with van der Waals surface area (Å²) in [6.07, 6.45) is 1.01. The number of benzene rings is 2. The average Bonchev–Trinajstić information content (AvgIpc) is 3.23. The Kier molecular flexibility index (Phi) is 6.97. The number of Topliss-reactive ketones (excluding diaryl/α,β-unsaturated/α-hetero) is 1. The topological polar surface area (TPSA) is 96.4 Å². The van der Waals surface area contributed by atoms with Crippen molar-refractivity contribution in [1.29, 1.82) is 0 Å². The van der Waals surface area contributed by atoms with Crippen molar-refractivity contribution in [2.45, 2.75) is 32.1 Å². The summed E-state index contributed by atoms with van der Waals surface area (Å²) < 4.78 is 27.7. The predicted octanol–water partition coefficient (Wildman–Crippen LogP) is 4.93. The van der Waals surface area contributed by atoms with Crippen LogP contribution in [-0.4, -0.2) is 42.5 Å². The monoisotopic (exact) mass is 497 g/mol. The molecule has 3 aromatic rings. The first-order chi connectivity index (χ1) is 16.1. The van der Waals surface area contributed by atoms with E-state index in [9.17, 15) is 18.0 Å². The highest BCUT2D eigenvalue weighted by atomic mass is 32.2. The molecule has 4 rings (SSSR count). The number of amides is 1. The maximum atomic E-state index is 13.1. The summed E-state index contributed by atoms with van der Waals surface area (Å²) in [5.41, 5.74) is 1.63. The van der Waals surface area contributed by atoms with Gasteiger partial charge in [0.1, 0.15) is 0 Å². The van der Waals surface area contributed by atoms with Gasteiger partial charge in [-0.2, -0.15) is 4.31 Å². The molecule has 1 N–H and O–H groups in total. The highest BCUT2D eigenvalue weighted by Gasteiger charge is 2.31. The number of carbonyl (C=O) groups excluding carboxylic acids is 2. The normalized spacial score (nSPS) is 19.0. The van der Waals surface area contributed by atoms with E-state index in [0.29, 0.717) is 46.2 Å². The van der Waals surface area contributed by atoms with E-state index >= 15 is 0 Å². The Morgan fingerprint density at radius 2 is 1.62 bits per heavy atom. The third-order valence-electron chi connectivity index (χ3n) is 5.80. The molecule has 1 saturated heterocycles. The van der Waals surface area contributed by atoms with Gasteiger partial charge >= 0.3 is 0 Å². The lowest BCUT2D eigenvalue weighted by molar-refractivity contribution is 0.101. The van der Waals surface area contributed by atoms with E-state index in [0.717, 1.165) is 23.3 Å². The first-order valence-electron chi connectivity index (χ1n) is 11.1. The maximum absolute atomic E-state index is 13.1. The van der Waals surface area contributed by atoms with Crippen LogP contribution in [0, 0.1) is 11.8 Å². The number of hydrogen-bond donors (Lipinski definition) is 1. The van der Waals surface area contributed by atoms with Gasteiger partial charge in [-0.3, -0.25) is 14.9 Å². The maximum Gasteiger partial charge on any atom is 0.257 e. The van der Waals surface area contributed by atoms with E-state index in [2.05, 4.69) is 24.1 Å². The van der Waals surface area contributed by atoms with Gasteiger partial charge in [0.2, 0.25) is 10.0 Å². The first kappa shape index (κ1) is 24.3. The van der Waals surface area contributed by atoms with Gasteiger partial charge in [0.25, 0.3) is 5.91 Å². The van der Waals surface area contributed by atoms with E-state index in [1.165, 1.54) is 35.5 Å². The molecule has 9 heteroatoms. The Hall–Kier alpha value is -2.88. The molecule has 1 amide bonds. The molecule has 0 saturated carbocycles. The molecular weight excluding hydrogens is 470 g/mol. The molecule has 34 heavy (non-hydrogen) atoms. The lowest BCUT2D eigenvalue weighted by Gasteiger charge is -2.34. The minimum absolute atomic E-state index is 0.132. The van der Waals surface area contributed by atoms with E-state index in [4.69, 9.17) is 0 Å². The molecule has 2 aromatic carbocycles. The zero-order valence-electron chi connectivity index (χ0n) is 19.3. The van der Waals surface area contributed by atoms with Crippen molar-refractivity contribution in [3.05, 3.63) is 65.0 Å². The minimum atomic E-state index is -3.62. The summed E-state index contributed by atoms with van der Waals surface area (Å²) >= 11 is 1.12. The molecule has 2 atom stereocenters. The summed E-state index contributed by atoms with van der Waals surface area (Å²) in [5, 5.41) is 3.04. The van der Waals surface area contributed by atoms with Gasteiger partial charge in [-0.05, 0) is 42.5 Å². The number of anilines is 1. The quantitative estimate of drug-likeness (QED) is 0.487. The van der Waals surface area contributed by atoms with Gasteiger partial charge in [0.05, 0.1) is 15.5 Å². The van der Waals surface area contributed by atoms with E-state index < -0.39 is 15.9 Å². The largest absolute Gasteiger partial charge is 0.298 e. The second kappa shape index (κ2) is 9.77. The molecular formula is C25H27N3O4S2. The van der Waals surface area contributed by atoms with Gasteiger partial charge in [-0.1, -0.05) is 55.5 Å². The SMILES string of the molecule is CC(=O)c1sc(NC(=O)c2ccc(S(=O)(=O)N3C[C@H](C)C[C@H](C)C3)cc2)nc1-c1ccccc1. The van der Waals surface area contributed by atoms with Crippen molar-refractivity contribution in [2.24, 2.45) is 11.8 Å². The van der Waals surface area contributed by atoms with Crippen LogP contribution in [0.5, 0.6) is 0 Å². The molecule has 178 valence electrons. The number of sulfonamides is 1. The van der Waals surface area contributed by atoms with Crippen LogP contribution in [0.3, 0.4) is 0 Å². The van der Waals surface area contributed by atoms with Crippen molar-refractivity contribution >= 4 is 38.2 Å². The molecule has 2 heterocycles. The third kappa shape index (κ3) is 5.11. The molecule has 0 radical (unpaired) electrons. The number of aromatic nitrogens is 1. The van der Waals surface area contributed by atoms with E-state index in [1.807, 2.05) is 30.3 Å². The van der Waals surface area contributed by atoms with Crippen LogP contribution in [-0.2, 0) is 10.0 Å². The van der Waals surface area contributed by atoms with E-state index in [1.54, 1.807) is 0 Å². The van der Waals surface area contributed by atoms with E-state index in [-0.39, 0.29) is 10.7 Å².